The first-order valence-corrected chi connectivity index (χ1v) is 47.0. The molecule has 8 aromatic carbocycles. The minimum Gasteiger partial charge on any atom is -0.508 e. The van der Waals surface area contributed by atoms with Crippen molar-refractivity contribution < 1.29 is 47.9 Å². The lowest BCUT2D eigenvalue weighted by atomic mass is 9.92. The number of aromatic amines is 4. The second-order valence-electron chi connectivity index (χ2n) is 36.5. The van der Waals surface area contributed by atoms with Crippen molar-refractivity contribution in [2.75, 3.05) is 69.0 Å². The Morgan fingerprint density at radius 1 is 0.444 bits per heavy atom. The molecule has 0 aliphatic carbocycles. The van der Waals surface area contributed by atoms with E-state index in [0.29, 0.717) is 74.6 Å². The topological polar surface area (TPSA) is 308 Å². The van der Waals surface area contributed by atoms with E-state index in [9.17, 15) is 14.7 Å². The predicted molar refractivity (Wildman–Crippen MR) is 523 cm³/mol. The number of ether oxygens (including phenoxy) is 7. The molecular weight excluding hydrogens is 1790 g/mol. The number of halogens is 4. The van der Waals surface area contributed by atoms with Crippen molar-refractivity contribution in [1.29, 1.82) is 0 Å². The summed E-state index contributed by atoms with van der Waals surface area (Å²) >= 11 is 25.2. The lowest BCUT2D eigenvalue weighted by Crippen LogP contribution is -2.43. The lowest BCUT2D eigenvalue weighted by Gasteiger charge is -2.37. The maximum Gasteiger partial charge on any atom is 0.411 e. The molecule has 4 atom stereocenters. The summed E-state index contributed by atoms with van der Waals surface area (Å²) in [6.45, 7) is 22.3. The second kappa shape index (κ2) is 40.1. The van der Waals surface area contributed by atoms with E-state index in [-0.39, 0.29) is 48.0 Å². The van der Waals surface area contributed by atoms with Gasteiger partial charge in [0.1, 0.15) is 46.3 Å². The molecule has 5 aliphatic rings. The van der Waals surface area contributed by atoms with Crippen LogP contribution in [-0.4, -0.2) is 173 Å². The van der Waals surface area contributed by atoms with Gasteiger partial charge >= 0.3 is 12.2 Å². The van der Waals surface area contributed by atoms with Gasteiger partial charge in [0.2, 0.25) is 11.9 Å². The third-order valence-corrected chi connectivity index (χ3v) is 25.3. The van der Waals surface area contributed by atoms with Gasteiger partial charge in [-0.15, -0.1) is 5.10 Å². The zero-order valence-corrected chi connectivity index (χ0v) is 79.3. The summed E-state index contributed by atoms with van der Waals surface area (Å²) in [5, 5.41) is 33.1. The van der Waals surface area contributed by atoms with Gasteiger partial charge in [-0.3, -0.25) is 14.5 Å². The van der Waals surface area contributed by atoms with Gasteiger partial charge in [0.15, 0.2) is 5.79 Å². The molecule has 8 aromatic heterocycles. The van der Waals surface area contributed by atoms with Gasteiger partial charge in [-0.2, -0.15) is 15.0 Å². The highest BCUT2D eigenvalue weighted by Gasteiger charge is 2.41. The molecular formula is C103H106Cl4N18O10. The molecule has 0 radical (unpaired) electrons. The van der Waals surface area contributed by atoms with Gasteiger partial charge in [-0.25, -0.2) is 29.5 Å². The summed E-state index contributed by atoms with van der Waals surface area (Å²) in [4.78, 5) is 68.6. The molecule has 32 heteroatoms. The monoisotopic (exact) mass is 1890 g/mol. The SMILES string of the molecule is CC(C)(C)OC(=O)N1CCc2c([nH]c3ccc(Cl)cc23)[C@@H]1c1ccc(OCCCn2ccnn2)cc1.CC(C)(C)OC(=O)N1CCc2c([nH]c3ccc(Cl)cc23)[C@@H]1c1ccc(OCCCn2nccn2)cc1.CC1(C)OCC(COc2ccc([C@H]3c4[nH]c5ccc(Cl)cc5c4CCN3c3ncccn3)cc2)CO1.Oc1ccc([C@H]2c3[nH]c4ccc(Cl)cc4c3CCN2c2ncccn2)cc1. The van der Waals surface area contributed by atoms with Crippen molar-refractivity contribution in [3.63, 3.8) is 0 Å². The number of H-pyrrole nitrogens is 4. The molecule has 135 heavy (non-hydrogen) atoms. The number of benzene rings is 8. The van der Waals surface area contributed by atoms with Gasteiger partial charge < -0.3 is 68.0 Å². The van der Waals surface area contributed by atoms with E-state index in [2.05, 4.69) is 88.4 Å². The van der Waals surface area contributed by atoms with Crippen LogP contribution in [0.5, 0.6) is 23.0 Å². The Balaban J connectivity index is 0.000000121. The van der Waals surface area contributed by atoms with E-state index in [0.717, 1.165) is 169 Å². The first kappa shape index (κ1) is 92.2. The number of aryl methyl sites for hydroxylation is 2. The van der Waals surface area contributed by atoms with E-state index in [1.807, 2.05) is 213 Å². The number of hydrogen-bond acceptors (Lipinski definition) is 20. The molecule has 1 saturated heterocycles. The van der Waals surface area contributed by atoms with Crippen molar-refractivity contribution >= 4 is 114 Å². The number of amides is 2. The summed E-state index contributed by atoms with van der Waals surface area (Å²) in [7, 11) is 0. The summed E-state index contributed by atoms with van der Waals surface area (Å²) in [6.07, 6.45) is 18.1. The Morgan fingerprint density at radius 2 is 0.800 bits per heavy atom. The van der Waals surface area contributed by atoms with E-state index < -0.39 is 17.0 Å². The number of phenols is 1. The Kier molecular flexibility index (Phi) is 27.4. The Bertz CT molecular complexity index is 6550. The molecule has 696 valence electrons. The van der Waals surface area contributed by atoms with Gasteiger partial charge in [-0.1, -0.05) is 100 Å². The zero-order chi connectivity index (χ0) is 93.7. The van der Waals surface area contributed by atoms with E-state index in [4.69, 9.17) is 79.6 Å². The van der Waals surface area contributed by atoms with Crippen LogP contribution in [0.25, 0.3) is 43.6 Å². The minimum atomic E-state index is -0.584. The number of hydrogen-bond donors (Lipinski definition) is 5. The predicted octanol–water partition coefficient (Wildman–Crippen LogP) is 21.5. The lowest BCUT2D eigenvalue weighted by molar-refractivity contribution is -0.264. The third kappa shape index (κ3) is 21.5. The number of fused-ring (bicyclic) bond motifs is 12. The number of carbonyl (C=O) groups is 2. The molecule has 16 aromatic rings. The van der Waals surface area contributed by atoms with Crippen LogP contribution in [0.2, 0.25) is 20.1 Å². The summed E-state index contributed by atoms with van der Waals surface area (Å²) < 4.78 is 42.8. The molecule has 13 heterocycles. The van der Waals surface area contributed by atoms with Crippen LogP contribution in [0.4, 0.5) is 21.5 Å². The summed E-state index contributed by atoms with van der Waals surface area (Å²) in [5.74, 6) is 3.73. The fraction of sp³-hybridized carbons (Fsp3) is 0.320. The number of carbonyl (C=O) groups excluding carboxylic acids is 2. The molecule has 5 aliphatic heterocycles. The summed E-state index contributed by atoms with van der Waals surface area (Å²) in [5.41, 5.74) is 16.4. The van der Waals surface area contributed by atoms with E-state index in [1.165, 1.54) is 27.6 Å². The smallest absolute Gasteiger partial charge is 0.411 e. The molecule has 2 amide bonds. The number of rotatable bonds is 19. The van der Waals surface area contributed by atoms with Crippen LogP contribution < -0.4 is 24.0 Å². The first-order chi connectivity index (χ1) is 65.2. The average Bonchev–Trinajstić information content (AvgIpc) is 1.60. The first-order valence-electron chi connectivity index (χ1n) is 45.4. The van der Waals surface area contributed by atoms with Gasteiger partial charge in [0, 0.05) is 169 Å². The van der Waals surface area contributed by atoms with Crippen molar-refractivity contribution in [1.82, 2.24) is 79.7 Å². The molecule has 0 bridgehead atoms. The number of aromatic nitrogens is 14. The standard InChI is InChI=1S/C28H29ClN4O3.2C27H30ClN5O3.C21H17ClN4O/c1-28(2)35-16-18(17-36-28)15-34-21-7-4-19(5-8-21)26-25-22(23-14-20(29)6-9-24(23)32-25)10-13-33(26)27-30-11-3-12-31-27;1-27(2,3)36-26(34)32-15-11-21-22-17-19(28)7-10-23(22)31-24(21)25(32)18-5-8-20(9-6-18)35-16-4-14-33-29-12-13-30-33;1-27(2,3)36-26(34)33-14-11-21-22-17-19(28)7-10-23(22)30-24(21)25(33)18-5-8-20(9-6-18)35-16-4-13-32-15-12-29-31-32;22-14-4-7-18-17(12-14)16-8-11-26(21-23-9-1-10-24-21)20(19(16)25-18)13-2-5-15(27)6-3-13/h3-9,11-12,14,18,26,32H,10,13,15-17H2,1-2H3;5-10,12-13,17,25,31H,4,11,14-16H2,1-3H3;5-10,12,15,17,25,30H,4,11,13-14,16H2,1-3H3;1-7,9-10,12,20,25,27H,8,11H2/t26-;2*25-;20-/m0000/s1. The summed E-state index contributed by atoms with van der Waals surface area (Å²) in [6, 6.07) is 58.1. The highest BCUT2D eigenvalue weighted by Crippen LogP contribution is 2.47. The largest absolute Gasteiger partial charge is 0.508 e. The van der Waals surface area contributed by atoms with E-state index in [1.54, 1.807) is 74.8 Å². The number of anilines is 2. The van der Waals surface area contributed by atoms with Gasteiger partial charge in [0.05, 0.1) is 70.3 Å². The number of aromatic hydroxyl groups is 1. The van der Waals surface area contributed by atoms with Crippen LogP contribution in [0.1, 0.15) is 160 Å². The maximum absolute atomic E-state index is 13.2. The molecule has 0 unspecified atom stereocenters. The van der Waals surface area contributed by atoms with Crippen LogP contribution in [0.15, 0.2) is 232 Å². The number of nitrogens with one attached hydrogen (secondary N) is 4. The van der Waals surface area contributed by atoms with Crippen LogP contribution in [0, 0.1) is 5.92 Å². The molecule has 21 rings (SSSR count). The average molecular weight is 1900 g/mol. The van der Waals surface area contributed by atoms with Crippen molar-refractivity contribution in [2.24, 2.45) is 5.92 Å². The van der Waals surface area contributed by atoms with Crippen molar-refractivity contribution in [3.8, 4) is 23.0 Å². The van der Waals surface area contributed by atoms with Crippen molar-refractivity contribution in [3.05, 3.63) is 319 Å². The zero-order valence-electron chi connectivity index (χ0n) is 76.2. The van der Waals surface area contributed by atoms with Crippen LogP contribution >= 0.6 is 46.4 Å². The molecule has 1 fully saturated rings. The molecule has 28 nitrogen and oxygen atoms in total. The molecule has 5 N–H and O–H groups in total. The molecule has 0 spiro atoms. The van der Waals surface area contributed by atoms with Gasteiger partial charge in [-0.05, 0) is 259 Å². The fourth-order valence-corrected chi connectivity index (χ4v) is 18.9. The highest BCUT2D eigenvalue weighted by molar-refractivity contribution is 6.32. The maximum atomic E-state index is 13.2. The number of nitrogens with zero attached hydrogens (tertiary/aromatic N) is 14. The Labute approximate surface area is 801 Å². The fourth-order valence-electron chi connectivity index (χ4n) is 18.2. The second-order valence-corrected chi connectivity index (χ2v) is 38.2. The third-order valence-electron chi connectivity index (χ3n) is 24.4. The van der Waals surface area contributed by atoms with Crippen LogP contribution in [-0.2, 0) is 57.7 Å². The molecule has 0 saturated carbocycles. The minimum absolute atomic E-state index is 0.0567. The van der Waals surface area contributed by atoms with Crippen molar-refractivity contribution in [2.45, 2.75) is 148 Å². The van der Waals surface area contributed by atoms with Crippen LogP contribution in [0.3, 0.4) is 0 Å². The van der Waals surface area contributed by atoms with Gasteiger partial charge in [0.25, 0.3) is 0 Å². The van der Waals surface area contributed by atoms with E-state index >= 15 is 0 Å². The quantitative estimate of drug-likeness (QED) is 0.0470. The Hall–Kier alpha value is -13.2. The number of phenolic OH excluding ortho intramolecular Hbond substituents is 1. The highest BCUT2D eigenvalue weighted by atomic mass is 35.5. The normalized spacial score (nSPS) is 16.9. The Morgan fingerprint density at radius 3 is 1.18 bits per heavy atom.